The van der Waals surface area contributed by atoms with Crippen molar-refractivity contribution in [2.45, 2.75) is 29.1 Å². The maximum Gasteiger partial charge on any atom is 0.243 e. The number of benzene rings is 1. The number of hydrogen-bond acceptors (Lipinski definition) is 7. The number of anilines is 1. The van der Waals surface area contributed by atoms with Crippen LogP contribution in [0.15, 0.2) is 34.6 Å². The average molecular weight is 412 g/mol. The van der Waals surface area contributed by atoms with Gasteiger partial charge < -0.3 is 10.1 Å². The predicted octanol–water partition coefficient (Wildman–Crippen LogP) is 1.25. The van der Waals surface area contributed by atoms with Gasteiger partial charge in [0.05, 0.1) is 23.4 Å². The van der Waals surface area contributed by atoms with Gasteiger partial charge in [-0.15, -0.1) is 0 Å². The third kappa shape index (κ3) is 4.67. The molecular weight excluding hydrogens is 390 g/mol. The van der Waals surface area contributed by atoms with Gasteiger partial charge in [0, 0.05) is 18.8 Å². The molecule has 1 saturated heterocycles. The van der Waals surface area contributed by atoms with Gasteiger partial charge in [-0.05, 0) is 31.5 Å². The number of ether oxygens (including phenoxy) is 1. The van der Waals surface area contributed by atoms with E-state index in [0.717, 1.165) is 0 Å². The summed E-state index contributed by atoms with van der Waals surface area (Å²) in [5.74, 6) is -0.255. The molecule has 3 rings (SSSR count). The largest absolute Gasteiger partial charge is 0.379 e. The van der Waals surface area contributed by atoms with E-state index in [2.05, 4.69) is 20.5 Å². The van der Waals surface area contributed by atoms with Crippen molar-refractivity contribution in [2.75, 3.05) is 31.6 Å². The molecule has 1 fully saturated rings. The smallest absolute Gasteiger partial charge is 0.243 e. The monoisotopic (exact) mass is 411 g/mol. The van der Waals surface area contributed by atoms with Crippen LogP contribution in [0.4, 0.5) is 5.69 Å². The Balaban J connectivity index is 1.75. The number of nitrogens with zero attached hydrogens (tertiary/aromatic N) is 3. The molecule has 9 nitrogen and oxygen atoms in total. The molecular formula is C16H21N5O4S2. The minimum atomic E-state index is -3.64. The van der Waals surface area contributed by atoms with Gasteiger partial charge in [-0.1, -0.05) is 17.8 Å². The number of aryl methyl sites for hydroxylation is 1. The van der Waals surface area contributed by atoms with Crippen molar-refractivity contribution >= 4 is 33.4 Å². The van der Waals surface area contributed by atoms with Gasteiger partial charge >= 0.3 is 0 Å². The summed E-state index contributed by atoms with van der Waals surface area (Å²) < 4.78 is 32.5. The Bertz CT molecular complexity index is 896. The summed E-state index contributed by atoms with van der Waals surface area (Å²) in [7, 11) is -3.64. The first kappa shape index (κ1) is 19.8. The third-order valence-electron chi connectivity index (χ3n) is 4.09. The van der Waals surface area contributed by atoms with Crippen LogP contribution >= 0.6 is 11.8 Å². The van der Waals surface area contributed by atoms with Gasteiger partial charge in [0.25, 0.3) is 0 Å². The van der Waals surface area contributed by atoms with E-state index in [1.807, 2.05) is 0 Å². The van der Waals surface area contributed by atoms with E-state index >= 15 is 0 Å². The molecule has 27 heavy (non-hydrogen) atoms. The fourth-order valence-electron chi connectivity index (χ4n) is 2.60. The normalized spacial score (nSPS) is 16.8. The molecule has 0 spiro atoms. The lowest BCUT2D eigenvalue weighted by Crippen LogP contribution is -2.40. The van der Waals surface area contributed by atoms with Crippen LogP contribution in [0.3, 0.4) is 0 Å². The second-order valence-electron chi connectivity index (χ2n) is 6.04. The summed E-state index contributed by atoms with van der Waals surface area (Å²) in [6.45, 7) is 4.88. The molecule has 1 amide bonds. The SMILES string of the molecule is Cc1ccc(NC(=O)C(C)Sc2ncn[nH]2)cc1S(=O)(=O)N1CCOCC1. The molecule has 1 aliphatic heterocycles. The first-order chi connectivity index (χ1) is 12.9. The highest BCUT2D eigenvalue weighted by atomic mass is 32.2. The standard InChI is InChI=1S/C16H21N5O4S2/c1-11-3-4-13(19-15(22)12(2)26-16-17-10-18-20-16)9-14(11)27(23,24)21-5-7-25-8-6-21/h3-4,9-10,12H,5-8H2,1-2H3,(H,19,22)(H,17,18,20). The molecule has 11 heteroatoms. The van der Waals surface area contributed by atoms with E-state index in [9.17, 15) is 13.2 Å². The number of morpholine rings is 1. The number of carbonyl (C=O) groups excluding carboxylic acids is 1. The second-order valence-corrected chi connectivity index (χ2v) is 9.27. The third-order valence-corrected chi connectivity index (χ3v) is 7.12. The van der Waals surface area contributed by atoms with Gasteiger partial charge in [0.2, 0.25) is 15.9 Å². The second kappa shape index (κ2) is 8.38. The molecule has 1 aliphatic rings. The van der Waals surface area contributed by atoms with Crippen molar-refractivity contribution in [2.24, 2.45) is 0 Å². The van der Waals surface area contributed by atoms with Gasteiger partial charge in [-0.25, -0.2) is 13.4 Å². The molecule has 146 valence electrons. The zero-order valence-electron chi connectivity index (χ0n) is 15.0. The fraction of sp³-hybridized carbons (Fsp3) is 0.438. The van der Waals surface area contributed by atoms with E-state index in [1.165, 1.54) is 28.5 Å². The van der Waals surface area contributed by atoms with Crippen molar-refractivity contribution in [1.82, 2.24) is 19.5 Å². The topological polar surface area (TPSA) is 117 Å². The Morgan fingerprint density at radius 1 is 1.37 bits per heavy atom. The van der Waals surface area contributed by atoms with Gasteiger partial charge in [-0.3, -0.25) is 9.89 Å². The van der Waals surface area contributed by atoms with Crippen molar-refractivity contribution in [3.05, 3.63) is 30.1 Å². The molecule has 2 heterocycles. The van der Waals surface area contributed by atoms with E-state index in [1.54, 1.807) is 26.0 Å². The molecule has 0 aliphatic carbocycles. The number of nitrogens with one attached hydrogen (secondary N) is 2. The summed E-state index contributed by atoms with van der Waals surface area (Å²) in [5.41, 5.74) is 1.06. The fourth-order valence-corrected chi connectivity index (χ4v) is 4.97. The lowest BCUT2D eigenvalue weighted by atomic mass is 10.2. The maximum atomic E-state index is 12.9. The van der Waals surface area contributed by atoms with Crippen LogP contribution in [0.5, 0.6) is 0 Å². The summed E-state index contributed by atoms with van der Waals surface area (Å²) in [6.07, 6.45) is 1.37. The molecule has 1 atom stereocenters. The molecule has 2 N–H and O–H groups in total. The highest BCUT2D eigenvalue weighted by molar-refractivity contribution is 8.00. The van der Waals surface area contributed by atoms with Gasteiger partial charge in [-0.2, -0.15) is 9.40 Å². The molecule has 0 saturated carbocycles. The Hall–Kier alpha value is -1.95. The van der Waals surface area contributed by atoms with Crippen LogP contribution in [0.2, 0.25) is 0 Å². The Labute approximate surface area is 161 Å². The van der Waals surface area contributed by atoms with Crippen molar-refractivity contribution in [1.29, 1.82) is 0 Å². The number of hydrogen-bond donors (Lipinski definition) is 2. The number of aromatic nitrogens is 3. The van der Waals surface area contributed by atoms with Crippen molar-refractivity contribution in [3.8, 4) is 0 Å². The first-order valence-electron chi connectivity index (χ1n) is 8.39. The number of carbonyl (C=O) groups is 1. The molecule has 1 aromatic carbocycles. The number of thioether (sulfide) groups is 1. The highest BCUT2D eigenvalue weighted by Crippen LogP contribution is 2.25. The summed E-state index contributed by atoms with van der Waals surface area (Å²) in [5, 5.41) is 9.30. The van der Waals surface area contributed by atoms with Crippen molar-refractivity contribution in [3.63, 3.8) is 0 Å². The van der Waals surface area contributed by atoms with Crippen molar-refractivity contribution < 1.29 is 17.9 Å². The van der Waals surface area contributed by atoms with E-state index < -0.39 is 15.3 Å². The zero-order chi connectivity index (χ0) is 19.4. The van der Waals surface area contributed by atoms with Crippen LogP contribution in [-0.2, 0) is 19.6 Å². The van der Waals surface area contributed by atoms with Gasteiger partial charge in [0.15, 0.2) is 5.16 Å². The summed E-state index contributed by atoms with van der Waals surface area (Å²) in [4.78, 5) is 16.6. The van der Waals surface area contributed by atoms with Gasteiger partial charge in [0.1, 0.15) is 6.33 Å². The average Bonchev–Trinajstić information content (AvgIpc) is 3.17. The number of rotatable bonds is 6. The van der Waals surface area contributed by atoms with Crippen LogP contribution in [-0.4, -0.2) is 65.4 Å². The number of aromatic amines is 1. The lowest BCUT2D eigenvalue weighted by Gasteiger charge is -2.27. The number of sulfonamides is 1. The zero-order valence-corrected chi connectivity index (χ0v) is 16.6. The molecule has 1 unspecified atom stereocenters. The Morgan fingerprint density at radius 3 is 2.78 bits per heavy atom. The molecule has 0 bridgehead atoms. The van der Waals surface area contributed by atoms with Crippen LogP contribution in [0.25, 0.3) is 0 Å². The summed E-state index contributed by atoms with van der Waals surface area (Å²) in [6, 6.07) is 4.89. The Kier molecular flexibility index (Phi) is 6.15. The minimum Gasteiger partial charge on any atom is -0.379 e. The summed E-state index contributed by atoms with van der Waals surface area (Å²) >= 11 is 1.23. The van der Waals surface area contributed by atoms with Crippen LogP contribution < -0.4 is 5.32 Å². The maximum absolute atomic E-state index is 12.9. The van der Waals surface area contributed by atoms with Crippen LogP contribution in [0, 0.1) is 6.92 Å². The Morgan fingerprint density at radius 2 is 2.11 bits per heavy atom. The van der Waals surface area contributed by atoms with E-state index in [0.29, 0.717) is 42.7 Å². The quantitative estimate of drug-likeness (QED) is 0.687. The van der Waals surface area contributed by atoms with E-state index in [-0.39, 0.29) is 10.8 Å². The first-order valence-corrected chi connectivity index (χ1v) is 10.7. The molecule has 0 radical (unpaired) electrons. The highest BCUT2D eigenvalue weighted by Gasteiger charge is 2.28. The number of H-pyrrole nitrogens is 1. The van der Waals surface area contributed by atoms with E-state index in [4.69, 9.17) is 4.74 Å². The minimum absolute atomic E-state index is 0.192. The van der Waals surface area contributed by atoms with Crippen LogP contribution in [0.1, 0.15) is 12.5 Å². The predicted molar refractivity (Wildman–Crippen MR) is 101 cm³/mol. The molecule has 1 aromatic heterocycles. The lowest BCUT2D eigenvalue weighted by molar-refractivity contribution is -0.115. The molecule has 2 aromatic rings. The number of amides is 1.